The summed E-state index contributed by atoms with van der Waals surface area (Å²) in [5.74, 6) is 0. The van der Waals surface area contributed by atoms with Crippen LogP contribution in [0.4, 0.5) is 0 Å². The molecule has 0 radical (unpaired) electrons. The van der Waals surface area contributed by atoms with Crippen LogP contribution < -0.4 is 0 Å². The van der Waals surface area contributed by atoms with Gasteiger partial charge in [-0.05, 0) is 10.8 Å². The lowest BCUT2D eigenvalue weighted by atomic mass is 10.1. The molecule has 2 aromatic carbocycles. The third-order valence-corrected chi connectivity index (χ3v) is 1.66. The lowest BCUT2D eigenvalue weighted by Gasteiger charge is -1.92. The van der Waals surface area contributed by atoms with Crippen molar-refractivity contribution in [2.24, 2.45) is 0 Å². The van der Waals surface area contributed by atoms with E-state index >= 15 is 0 Å². The van der Waals surface area contributed by atoms with E-state index in [1.54, 1.807) is 0 Å². The topological polar surface area (TPSA) is 0 Å². The molecule has 0 spiro atoms. The van der Waals surface area contributed by atoms with E-state index in [9.17, 15) is 0 Å². The fraction of sp³-hybridized carbons (Fsp3) is 0.500. The van der Waals surface area contributed by atoms with Gasteiger partial charge >= 0.3 is 0 Å². The van der Waals surface area contributed by atoms with Crippen LogP contribution in [0.5, 0.6) is 0 Å². The summed E-state index contributed by atoms with van der Waals surface area (Å²) in [7, 11) is 0. The van der Waals surface area contributed by atoms with Gasteiger partial charge in [0, 0.05) is 0 Å². The van der Waals surface area contributed by atoms with Crippen LogP contribution in [0.1, 0.15) is 68.2 Å². The van der Waals surface area contributed by atoms with Crippen LogP contribution in [-0.2, 0) is 0 Å². The molecule has 0 N–H and O–H groups in total. The summed E-state index contributed by atoms with van der Waals surface area (Å²) in [6, 6.07) is 16.7. The molecule has 0 heterocycles. The molecule has 0 aliphatic heterocycles. The third-order valence-electron chi connectivity index (χ3n) is 1.66. The molecular weight excluding hydrogens is 240 g/mol. The normalized spacial score (nSPS) is 7.40. The molecule has 20 heavy (non-hydrogen) atoms. The Kier molecular flexibility index (Phi) is 27.1. The predicted molar refractivity (Wildman–Crippen MR) is 98.6 cm³/mol. The molecule has 116 valence electrons. The first-order valence-electron chi connectivity index (χ1n) is 8.23. The number of rotatable bonds is 0. The van der Waals surface area contributed by atoms with Gasteiger partial charge in [0.2, 0.25) is 0 Å². The van der Waals surface area contributed by atoms with Crippen molar-refractivity contribution < 1.29 is 0 Å². The highest BCUT2D eigenvalue weighted by Gasteiger charge is 1.85. The minimum Gasteiger partial charge on any atom is -0.0683 e. The summed E-state index contributed by atoms with van der Waals surface area (Å²) in [5, 5.41) is 2.62. The molecule has 0 aliphatic rings. The van der Waals surface area contributed by atoms with Crippen LogP contribution in [0.15, 0.2) is 48.5 Å². The van der Waals surface area contributed by atoms with E-state index in [0.717, 1.165) is 0 Å². The van der Waals surface area contributed by atoms with E-state index in [4.69, 9.17) is 0 Å². The summed E-state index contributed by atoms with van der Waals surface area (Å²) in [6.45, 7) is 16.5. The molecule has 0 aromatic heterocycles. The molecule has 2 aromatic rings. The summed E-state index contributed by atoms with van der Waals surface area (Å²) >= 11 is 0. The van der Waals surface area contributed by atoms with Gasteiger partial charge in [-0.25, -0.2) is 0 Å². The van der Waals surface area contributed by atoms with Crippen molar-refractivity contribution >= 4 is 10.8 Å². The van der Waals surface area contributed by atoms with Gasteiger partial charge in [0.15, 0.2) is 0 Å². The lowest BCUT2D eigenvalue weighted by Crippen LogP contribution is -1.67. The molecule has 0 nitrogen and oxygen atoms in total. The Bertz CT molecular complexity index is 296. The fourth-order valence-corrected chi connectivity index (χ4v) is 1.13. The fourth-order valence-electron chi connectivity index (χ4n) is 1.13. The van der Waals surface area contributed by atoms with E-state index in [0.29, 0.717) is 0 Å². The van der Waals surface area contributed by atoms with E-state index in [-0.39, 0.29) is 0 Å². The Balaban J connectivity index is -0.000000246. The van der Waals surface area contributed by atoms with Crippen molar-refractivity contribution in [1.29, 1.82) is 0 Å². The highest BCUT2D eigenvalue weighted by atomic mass is 13.9. The summed E-state index contributed by atoms with van der Waals surface area (Å²) in [5.41, 5.74) is 0. The Morgan fingerprint density at radius 3 is 0.800 bits per heavy atom. The molecule has 0 heteroatoms. The maximum atomic E-state index is 2.12. The van der Waals surface area contributed by atoms with Crippen molar-refractivity contribution in [3.63, 3.8) is 0 Å². The smallest absolute Gasteiger partial charge is 0.0184 e. The predicted octanol–water partition coefficient (Wildman–Crippen LogP) is 7.72. The second-order valence-corrected chi connectivity index (χ2v) is 3.76. The van der Waals surface area contributed by atoms with Gasteiger partial charge in [-0.2, -0.15) is 0 Å². The quantitative estimate of drug-likeness (QED) is 0.462. The monoisotopic (exact) mass is 276 g/mol. The van der Waals surface area contributed by atoms with Crippen molar-refractivity contribution in [2.75, 3.05) is 0 Å². The summed E-state index contributed by atoms with van der Waals surface area (Å²) in [4.78, 5) is 0. The van der Waals surface area contributed by atoms with Crippen LogP contribution in [0.3, 0.4) is 0 Å². The third kappa shape index (κ3) is 14.8. The molecule has 0 saturated carbocycles. The Labute approximate surface area is 128 Å². The highest BCUT2D eigenvalue weighted by molar-refractivity contribution is 5.81. The van der Waals surface area contributed by atoms with Crippen LogP contribution in [0, 0.1) is 0 Å². The molecular formula is C20H36. The highest BCUT2D eigenvalue weighted by Crippen LogP contribution is 2.11. The summed E-state index contributed by atoms with van der Waals surface area (Å²) in [6.07, 6.45) is 2.50. The molecule has 2 rings (SSSR count). The molecule has 0 fully saturated rings. The largest absolute Gasteiger partial charge is 0.0683 e. The number of fused-ring (bicyclic) bond motifs is 1. The van der Waals surface area contributed by atoms with Gasteiger partial charge in [0.05, 0.1) is 0 Å². The van der Waals surface area contributed by atoms with Gasteiger partial charge < -0.3 is 0 Å². The van der Waals surface area contributed by atoms with Gasteiger partial charge in [0.25, 0.3) is 0 Å². The standard InChI is InChI=1S/C10H8.2C3H8.2C2H6/c1-2-6-10-8-4-3-7-9(10)5-1;2*1-3-2;2*1-2/h1-8H;2*3H2,1-2H3;2*1-2H3. The first kappa shape index (κ1) is 23.8. The first-order chi connectivity index (χ1) is 9.79. The average molecular weight is 277 g/mol. The van der Waals surface area contributed by atoms with Crippen molar-refractivity contribution in [2.45, 2.75) is 68.2 Å². The van der Waals surface area contributed by atoms with E-state index in [1.165, 1.54) is 23.6 Å². The van der Waals surface area contributed by atoms with E-state index < -0.39 is 0 Å². The molecule has 0 aliphatic carbocycles. The SMILES string of the molecule is CC.CC.CCC.CCC.c1ccc2ccccc2c1. The number of hydrogen-bond donors (Lipinski definition) is 0. The molecule has 0 unspecified atom stereocenters. The maximum Gasteiger partial charge on any atom is -0.0184 e. The van der Waals surface area contributed by atoms with Crippen LogP contribution in [-0.4, -0.2) is 0 Å². The number of benzene rings is 2. The van der Waals surface area contributed by atoms with Crippen molar-refractivity contribution in [3.8, 4) is 0 Å². The van der Waals surface area contributed by atoms with Gasteiger partial charge in [-0.15, -0.1) is 0 Å². The average Bonchev–Trinajstić information content (AvgIpc) is 2.53. The Morgan fingerprint density at radius 1 is 0.500 bits per heavy atom. The molecule has 0 bridgehead atoms. The van der Waals surface area contributed by atoms with Crippen LogP contribution >= 0.6 is 0 Å². The van der Waals surface area contributed by atoms with Gasteiger partial charge in [-0.3, -0.25) is 0 Å². The second-order valence-electron chi connectivity index (χ2n) is 3.76. The second kappa shape index (κ2) is 22.8. The zero-order valence-electron chi connectivity index (χ0n) is 15.0. The van der Waals surface area contributed by atoms with Crippen LogP contribution in [0.25, 0.3) is 10.8 Å². The maximum absolute atomic E-state index is 2.12. The molecule has 0 amide bonds. The van der Waals surface area contributed by atoms with E-state index in [1.807, 2.05) is 27.7 Å². The molecule has 0 saturated heterocycles. The minimum atomic E-state index is 1.25. The van der Waals surface area contributed by atoms with Crippen molar-refractivity contribution in [3.05, 3.63) is 48.5 Å². The zero-order valence-corrected chi connectivity index (χ0v) is 15.0. The van der Waals surface area contributed by atoms with Gasteiger partial charge in [0.1, 0.15) is 0 Å². The van der Waals surface area contributed by atoms with Crippen molar-refractivity contribution in [1.82, 2.24) is 0 Å². The lowest BCUT2D eigenvalue weighted by molar-refractivity contribution is 1.09. The Hall–Kier alpha value is -1.30. The van der Waals surface area contributed by atoms with Gasteiger partial charge in [-0.1, -0.05) is 117 Å². The first-order valence-corrected chi connectivity index (χ1v) is 8.23. The summed E-state index contributed by atoms with van der Waals surface area (Å²) < 4.78 is 0. The zero-order chi connectivity index (χ0) is 16.2. The Morgan fingerprint density at radius 2 is 0.650 bits per heavy atom. The minimum absolute atomic E-state index is 1.25. The number of hydrogen-bond acceptors (Lipinski definition) is 0. The molecule has 0 atom stereocenters. The van der Waals surface area contributed by atoms with E-state index in [2.05, 4.69) is 76.2 Å². The van der Waals surface area contributed by atoms with Crippen LogP contribution in [0.2, 0.25) is 0 Å².